The smallest absolute Gasteiger partial charge is 0.274 e. The van der Waals surface area contributed by atoms with Crippen molar-refractivity contribution in [1.82, 2.24) is 24.8 Å². The maximum Gasteiger partial charge on any atom is 0.274 e. The molecule has 4 heterocycles. The van der Waals surface area contributed by atoms with Crippen LogP contribution in [0.4, 0.5) is 5.69 Å². The lowest BCUT2D eigenvalue weighted by atomic mass is 10.0. The van der Waals surface area contributed by atoms with E-state index in [0.717, 1.165) is 30.8 Å². The molecule has 0 radical (unpaired) electrons. The Labute approximate surface area is 322 Å². The molecule has 1 amide bonds. The molecule has 2 N–H and O–H groups in total. The summed E-state index contributed by atoms with van der Waals surface area (Å²) in [5.74, 6) is 0.635. The molecule has 0 aliphatic carbocycles. The zero-order chi connectivity index (χ0) is 38.1. The van der Waals surface area contributed by atoms with Crippen molar-refractivity contribution in [3.8, 4) is 34.0 Å². The molecule has 2 aliphatic rings. The predicted molar refractivity (Wildman–Crippen MR) is 212 cm³/mol. The Balaban J connectivity index is 1.19. The number of carbonyl (C=O) groups is 1. The third kappa shape index (κ3) is 8.54. The third-order valence-corrected chi connectivity index (χ3v) is 15.8. The number of aromatic nitrogens is 3. The van der Waals surface area contributed by atoms with Gasteiger partial charge in [-0.25, -0.2) is 9.97 Å². The van der Waals surface area contributed by atoms with E-state index in [9.17, 15) is 9.90 Å². The van der Waals surface area contributed by atoms with E-state index in [1.807, 2.05) is 30.3 Å². The first-order valence-electron chi connectivity index (χ1n) is 17.8. The van der Waals surface area contributed by atoms with Gasteiger partial charge in [-0.15, -0.1) is 0 Å². The molecule has 2 aliphatic heterocycles. The molecule has 14 heteroatoms. The fourth-order valence-corrected chi connectivity index (χ4v) is 7.97. The van der Waals surface area contributed by atoms with Crippen LogP contribution in [0.2, 0.25) is 28.2 Å². The Hall–Kier alpha value is -3.62. The van der Waals surface area contributed by atoms with E-state index in [1.165, 1.54) is 0 Å². The van der Waals surface area contributed by atoms with Crippen LogP contribution < -0.4 is 14.8 Å². The quantitative estimate of drug-likeness (QED) is 0.141. The van der Waals surface area contributed by atoms with E-state index >= 15 is 0 Å². The second-order valence-corrected chi connectivity index (χ2v) is 20.7. The van der Waals surface area contributed by atoms with Crippen molar-refractivity contribution in [2.45, 2.75) is 64.5 Å². The van der Waals surface area contributed by atoms with E-state index in [2.05, 4.69) is 54.0 Å². The Morgan fingerprint density at radius 2 is 1.70 bits per heavy atom. The summed E-state index contributed by atoms with van der Waals surface area (Å²) in [6, 6.07) is 12.7. The van der Waals surface area contributed by atoms with Crippen LogP contribution in [0.15, 0.2) is 48.7 Å². The maximum absolute atomic E-state index is 13.7. The molecule has 0 spiro atoms. The summed E-state index contributed by atoms with van der Waals surface area (Å²) in [4.78, 5) is 32.3. The third-order valence-electron chi connectivity index (χ3n) is 10.5. The van der Waals surface area contributed by atoms with Crippen LogP contribution >= 0.6 is 23.2 Å². The lowest BCUT2D eigenvalue weighted by Crippen LogP contribution is -2.50. The molecule has 0 atom stereocenters. The number of hydrogen-bond donors (Lipinski definition) is 2. The highest BCUT2D eigenvalue weighted by atomic mass is 35.5. The largest absolute Gasteiger partial charge is 0.496 e. The fourth-order valence-electron chi connectivity index (χ4n) is 6.34. The van der Waals surface area contributed by atoms with Gasteiger partial charge in [-0.1, -0.05) is 74.3 Å². The number of likely N-dealkylation sites (tertiary alicyclic amines) is 1. The number of hydrogen-bond acceptors (Lipinski definition) is 10. The van der Waals surface area contributed by atoms with Crippen LogP contribution in [0.1, 0.15) is 48.2 Å². The highest BCUT2D eigenvalue weighted by molar-refractivity contribution is 6.74. The van der Waals surface area contributed by atoms with Crippen molar-refractivity contribution < 1.29 is 23.8 Å². The summed E-state index contributed by atoms with van der Waals surface area (Å²) in [6.07, 6.45) is 2.12. The molecule has 282 valence electrons. The molecule has 2 aromatic carbocycles. The molecule has 11 nitrogen and oxygen atoms in total. The number of methoxy groups -OCH3 is 2. The standard InChI is InChI=1S/C39H48Cl2N6O5Si/c1-39(2,3)53(6,7)52-17-16-46-15-14-27-32(22-46)43-30(18-34(27)50-4)37(49)44-29-13-9-11-26(36(29)41)25-10-8-12-28(35(25)40)31-19-42-33(38(45-31)51-5)23-47-20-24(48)21-47/h8-13,18-19,24,48H,14-17,20-23H2,1-7H3,(H,44,49). The van der Waals surface area contributed by atoms with Gasteiger partial charge in [-0.05, 0) is 30.6 Å². The van der Waals surface area contributed by atoms with Crippen molar-refractivity contribution in [2.24, 2.45) is 0 Å². The van der Waals surface area contributed by atoms with Gasteiger partial charge < -0.3 is 24.3 Å². The van der Waals surface area contributed by atoms with Crippen LogP contribution in [0.25, 0.3) is 22.4 Å². The average molecular weight is 780 g/mol. The summed E-state index contributed by atoms with van der Waals surface area (Å²) in [5.41, 5.74) is 5.66. The Morgan fingerprint density at radius 3 is 2.38 bits per heavy atom. The summed E-state index contributed by atoms with van der Waals surface area (Å²) in [6.45, 7) is 15.9. The SMILES string of the molecule is COc1cc(C(=O)Nc2cccc(-c3cccc(-c4cnc(CN5CC(O)C5)c(OC)n4)c3Cl)c2Cl)nc2c1CCN(CCO[Si](C)(C)C(C)(C)C)C2. The molecule has 6 rings (SSSR count). The van der Waals surface area contributed by atoms with Gasteiger partial charge in [0.15, 0.2) is 8.32 Å². The zero-order valence-electron chi connectivity index (χ0n) is 31.4. The number of β-amino-alcohol motifs (C(OH)–C–C–N with tert-alkyl or cyclic N) is 1. The van der Waals surface area contributed by atoms with Crippen LogP contribution in [-0.2, 0) is 23.9 Å². The van der Waals surface area contributed by atoms with Crippen molar-refractivity contribution in [3.05, 3.63) is 81.4 Å². The first kappa shape index (κ1) is 39.1. The minimum atomic E-state index is -1.85. The lowest BCUT2D eigenvalue weighted by Gasteiger charge is -2.37. The Morgan fingerprint density at radius 1 is 1.00 bits per heavy atom. The Bertz CT molecular complexity index is 1980. The van der Waals surface area contributed by atoms with Crippen LogP contribution in [0.5, 0.6) is 11.6 Å². The van der Waals surface area contributed by atoms with Gasteiger partial charge in [0.2, 0.25) is 5.88 Å². The number of nitrogens with zero attached hydrogens (tertiary/aromatic N) is 5. The number of rotatable bonds is 12. The molecule has 1 fully saturated rings. The number of aliphatic hydroxyl groups excluding tert-OH is 1. The highest BCUT2D eigenvalue weighted by Gasteiger charge is 2.37. The minimum absolute atomic E-state index is 0.148. The summed E-state index contributed by atoms with van der Waals surface area (Å²) in [7, 11) is 1.32. The molecule has 0 saturated carbocycles. The number of carbonyl (C=O) groups excluding carboxylic acids is 1. The van der Waals surface area contributed by atoms with Crippen LogP contribution in [-0.4, -0.2) is 97.2 Å². The number of ether oxygens (including phenoxy) is 2. The Kier molecular flexibility index (Phi) is 11.8. The van der Waals surface area contributed by atoms with Gasteiger partial charge in [0.05, 0.1) is 53.6 Å². The number of pyridine rings is 1. The predicted octanol–water partition coefficient (Wildman–Crippen LogP) is 7.34. The second kappa shape index (κ2) is 16.0. The van der Waals surface area contributed by atoms with Crippen LogP contribution in [0.3, 0.4) is 0 Å². The average Bonchev–Trinajstić information content (AvgIpc) is 3.11. The zero-order valence-corrected chi connectivity index (χ0v) is 33.9. The summed E-state index contributed by atoms with van der Waals surface area (Å²) in [5, 5.41) is 13.5. The van der Waals surface area contributed by atoms with Crippen molar-refractivity contribution in [2.75, 3.05) is 52.3 Å². The lowest BCUT2D eigenvalue weighted by molar-refractivity contribution is -0.00403. The number of halogens is 2. The number of aliphatic hydroxyl groups is 1. The summed E-state index contributed by atoms with van der Waals surface area (Å²) >= 11 is 14.0. The van der Waals surface area contributed by atoms with E-state index in [0.29, 0.717) is 88.2 Å². The second-order valence-electron chi connectivity index (χ2n) is 15.1. The molecule has 53 heavy (non-hydrogen) atoms. The number of amides is 1. The van der Waals surface area contributed by atoms with E-state index < -0.39 is 14.2 Å². The molecule has 2 aromatic heterocycles. The highest BCUT2D eigenvalue weighted by Crippen LogP contribution is 2.42. The van der Waals surface area contributed by atoms with Crippen molar-refractivity contribution >= 4 is 43.1 Å². The number of anilines is 1. The van der Waals surface area contributed by atoms with E-state index in [1.54, 1.807) is 32.5 Å². The number of benzene rings is 2. The van der Waals surface area contributed by atoms with Gasteiger partial charge in [0.1, 0.15) is 17.1 Å². The monoisotopic (exact) mass is 778 g/mol. The normalized spacial score (nSPS) is 15.5. The van der Waals surface area contributed by atoms with Gasteiger partial charge >= 0.3 is 0 Å². The molecular formula is C39H48Cl2N6O5Si. The van der Waals surface area contributed by atoms with Gasteiger partial charge in [0.25, 0.3) is 5.91 Å². The maximum atomic E-state index is 13.7. The number of nitrogens with one attached hydrogen (secondary N) is 1. The summed E-state index contributed by atoms with van der Waals surface area (Å²) < 4.78 is 17.7. The van der Waals surface area contributed by atoms with E-state index in [4.69, 9.17) is 47.1 Å². The van der Waals surface area contributed by atoms with Crippen LogP contribution in [0, 0.1) is 0 Å². The number of fused-ring (bicyclic) bond motifs is 1. The van der Waals surface area contributed by atoms with Crippen molar-refractivity contribution in [1.29, 1.82) is 0 Å². The minimum Gasteiger partial charge on any atom is -0.496 e. The first-order chi connectivity index (χ1) is 25.2. The van der Waals surface area contributed by atoms with E-state index in [-0.39, 0.29) is 16.8 Å². The molecule has 4 aromatic rings. The van der Waals surface area contributed by atoms with Gasteiger partial charge in [-0.3, -0.25) is 19.6 Å². The molecule has 0 unspecified atom stereocenters. The fraction of sp³-hybridized carbons (Fsp3) is 0.436. The molecule has 0 bridgehead atoms. The topological polar surface area (TPSA) is 122 Å². The molecular weight excluding hydrogens is 731 g/mol. The van der Waals surface area contributed by atoms with Crippen molar-refractivity contribution in [3.63, 3.8) is 0 Å². The van der Waals surface area contributed by atoms with Gasteiger partial charge in [0, 0.05) is 74.2 Å². The van der Waals surface area contributed by atoms with Gasteiger partial charge in [-0.2, -0.15) is 0 Å². The first-order valence-corrected chi connectivity index (χ1v) is 21.5. The molecule has 1 saturated heterocycles.